The SMILES string of the molecule is COc1ccc(-c2nc(NC(=O)c3ccc(SCc4ccccc4)cc3)n[nH]2)c(OC)c1. The number of hydrogen-bond acceptors (Lipinski definition) is 6. The number of benzene rings is 3. The number of nitrogens with one attached hydrogen (secondary N) is 2. The van der Waals surface area contributed by atoms with Crippen molar-refractivity contribution in [1.82, 2.24) is 15.2 Å². The molecule has 4 aromatic rings. The highest BCUT2D eigenvalue weighted by Crippen LogP contribution is 2.31. The molecule has 3 aromatic carbocycles. The number of hydrogen-bond donors (Lipinski definition) is 2. The first-order valence-electron chi connectivity index (χ1n) is 9.89. The number of anilines is 1. The fourth-order valence-electron chi connectivity index (χ4n) is 3.05. The van der Waals surface area contributed by atoms with E-state index in [1.165, 1.54) is 5.56 Å². The number of thioether (sulfide) groups is 1. The van der Waals surface area contributed by atoms with E-state index in [0.717, 1.165) is 10.6 Å². The van der Waals surface area contributed by atoms with Gasteiger partial charge in [-0.3, -0.25) is 15.2 Å². The largest absolute Gasteiger partial charge is 0.497 e. The summed E-state index contributed by atoms with van der Waals surface area (Å²) in [5, 5.41) is 9.65. The van der Waals surface area contributed by atoms with Gasteiger partial charge in [0.05, 0.1) is 19.8 Å². The van der Waals surface area contributed by atoms with E-state index in [9.17, 15) is 4.79 Å². The molecule has 0 radical (unpaired) electrons. The number of carbonyl (C=O) groups is 1. The van der Waals surface area contributed by atoms with Crippen LogP contribution in [0.5, 0.6) is 11.5 Å². The minimum absolute atomic E-state index is 0.186. The number of ether oxygens (including phenoxy) is 2. The summed E-state index contributed by atoms with van der Waals surface area (Å²) in [6.45, 7) is 0. The van der Waals surface area contributed by atoms with Crippen molar-refractivity contribution in [2.45, 2.75) is 10.6 Å². The van der Waals surface area contributed by atoms with E-state index in [1.807, 2.05) is 36.4 Å². The summed E-state index contributed by atoms with van der Waals surface area (Å²) in [5.74, 6) is 2.52. The summed E-state index contributed by atoms with van der Waals surface area (Å²) in [4.78, 5) is 18.1. The average molecular weight is 447 g/mol. The number of aromatic amines is 1. The van der Waals surface area contributed by atoms with Gasteiger partial charge in [0.1, 0.15) is 11.5 Å². The first kappa shape index (κ1) is 21.5. The Morgan fingerprint density at radius 2 is 1.78 bits per heavy atom. The number of amides is 1. The molecule has 0 unspecified atom stereocenters. The highest BCUT2D eigenvalue weighted by Gasteiger charge is 2.14. The molecule has 7 nitrogen and oxygen atoms in total. The Labute approximate surface area is 190 Å². The van der Waals surface area contributed by atoms with Crippen LogP contribution in [0.25, 0.3) is 11.4 Å². The molecule has 1 aromatic heterocycles. The fourth-order valence-corrected chi connectivity index (χ4v) is 3.90. The lowest BCUT2D eigenvalue weighted by atomic mass is 10.2. The van der Waals surface area contributed by atoms with E-state index >= 15 is 0 Å². The van der Waals surface area contributed by atoms with E-state index in [4.69, 9.17) is 9.47 Å². The Kier molecular flexibility index (Phi) is 6.72. The summed E-state index contributed by atoms with van der Waals surface area (Å²) < 4.78 is 10.6. The molecule has 0 aliphatic heterocycles. The van der Waals surface area contributed by atoms with Crippen molar-refractivity contribution in [2.24, 2.45) is 0 Å². The second kappa shape index (κ2) is 10.0. The smallest absolute Gasteiger partial charge is 0.258 e. The maximum Gasteiger partial charge on any atom is 0.258 e. The van der Waals surface area contributed by atoms with Gasteiger partial charge in [-0.25, -0.2) is 0 Å². The monoisotopic (exact) mass is 446 g/mol. The normalized spacial score (nSPS) is 10.6. The molecule has 162 valence electrons. The third-order valence-corrected chi connectivity index (χ3v) is 5.82. The molecule has 0 aliphatic carbocycles. The average Bonchev–Trinajstić information content (AvgIpc) is 3.31. The van der Waals surface area contributed by atoms with Gasteiger partial charge in [0.15, 0.2) is 5.82 Å². The van der Waals surface area contributed by atoms with Crippen molar-refractivity contribution < 1.29 is 14.3 Å². The first-order valence-corrected chi connectivity index (χ1v) is 10.9. The number of methoxy groups -OCH3 is 2. The molecular formula is C24H22N4O3S. The van der Waals surface area contributed by atoms with Crippen LogP contribution in [0.4, 0.5) is 5.95 Å². The Balaban J connectivity index is 1.40. The van der Waals surface area contributed by atoms with Crippen LogP contribution in [-0.2, 0) is 5.75 Å². The third-order valence-electron chi connectivity index (χ3n) is 4.74. The van der Waals surface area contributed by atoms with Gasteiger partial charge < -0.3 is 9.47 Å². The highest BCUT2D eigenvalue weighted by molar-refractivity contribution is 7.98. The second-order valence-corrected chi connectivity index (χ2v) is 7.88. The van der Waals surface area contributed by atoms with Crippen LogP contribution in [0.2, 0.25) is 0 Å². The predicted molar refractivity (Wildman–Crippen MR) is 125 cm³/mol. The van der Waals surface area contributed by atoms with Crippen molar-refractivity contribution in [2.75, 3.05) is 19.5 Å². The topological polar surface area (TPSA) is 89.1 Å². The molecule has 8 heteroatoms. The summed E-state index contributed by atoms with van der Waals surface area (Å²) in [6.07, 6.45) is 0. The van der Waals surface area contributed by atoms with Crippen LogP contribution in [-0.4, -0.2) is 35.3 Å². The first-order chi connectivity index (χ1) is 15.7. The van der Waals surface area contributed by atoms with Crippen molar-refractivity contribution in [1.29, 1.82) is 0 Å². The number of rotatable bonds is 8. The van der Waals surface area contributed by atoms with Crippen LogP contribution in [0, 0.1) is 0 Å². The Bertz CT molecular complexity index is 1190. The van der Waals surface area contributed by atoms with Gasteiger partial charge in [-0.15, -0.1) is 16.9 Å². The second-order valence-electron chi connectivity index (χ2n) is 6.83. The maximum absolute atomic E-state index is 12.6. The van der Waals surface area contributed by atoms with Crippen LogP contribution >= 0.6 is 11.8 Å². The Morgan fingerprint density at radius 1 is 1.00 bits per heavy atom. The van der Waals surface area contributed by atoms with Gasteiger partial charge in [0.25, 0.3) is 5.91 Å². The maximum atomic E-state index is 12.6. The molecule has 4 rings (SSSR count). The predicted octanol–water partition coefficient (Wildman–Crippen LogP) is 5.03. The van der Waals surface area contributed by atoms with Gasteiger partial charge in [-0.05, 0) is 42.0 Å². The molecule has 0 aliphatic rings. The van der Waals surface area contributed by atoms with E-state index in [0.29, 0.717) is 28.5 Å². The van der Waals surface area contributed by atoms with Crippen LogP contribution in [0.15, 0.2) is 77.7 Å². The van der Waals surface area contributed by atoms with Crippen molar-refractivity contribution in [3.05, 3.63) is 83.9 Å². The van der Waals surface area contributed by atoms with Gasteiger partial charge >= 0.3 is 0 Å². The van der Waals surface area contributed by atoms with E-state index in [2.05, 4.69) is 32.6 Å². The zero-order valence-corrected chi connectivity index (χ0v) is 18.5. The van der Waals surface area contributed by atoms with E-state index in [1.54, 1.807) is 50.2 Å². The minimum Gasteiger partial charge on any atom is -0.497 e. The van der Waals surface area contributed by atoms with E-state index in [-0.39, 0.29) is 11.9 Å². The Hall–Kier alpha value is -3.78. The minimum atomic E-state index is -0.281. The van der Waals surface area contributed by atoms with Crippen molar-refractivity contribution in [3.8, 4) is 22.9 Å². The standard InChI is InChI=1S/C24H22N4O3S/c1-30-18-10-13-20(21(14-18)31-2)22-25-24(28-27-22)26-23(29)17-8-11-19(12-9-17)32-15-16-6-4-3-5-7-16/h3-14H,15H2,1-2H3,(H2,25,26,27,28,29). The number of H-pyrrole nitrogens is 1. The summed E-state index contributed by atoms with van der Waals surface area (Å²) >= 11 is 1.72. The fraction of sp³-hybridized carbons (Fsp3) is 0.125. The third kappa shape index (κ3) is 5.09. The summed E-state index contributed by atoms with van der Waals surface area (Å²) in [6, 6.07) is 23.1. The molecule has 1 amide bonds. The molecule has 0 atom stereocenters. The number of nitrogens with zero attached hydrogens (tertiary/aromatic N) is 2. The zero-order chi connectivity index (χ0) is 22.3. The molecule has 0 spiro atoms. The number of carbonyl (C=O) groups excluding carboxylic acids is 1. The summed E-state index contributed by atoms with van der Waals surface area (Å²) in [7, 11) is 3.16. The molecule has 32 heavy (non-hydrogen) atoms. The highest BCUT2D eigenvalue weighted by atomic mass is 32.2. The molecule has 2 N–H and O–H groups in total. The number of aromatic nitrogens is 3. The van der Waals surface area contributed by atoms with Gasteiger partial charge in [0, 0.05) is 22.3 Å². The molecule has 0 saturated carbocycles. The van der Waals surface area contributed by atoms with Crippen LogP contribution < -0.4 is 14.8 Å². The molecule has 0 fully saturated rings. The lowest BCUT2D eigenvalue weighted by molar-refractivity contribution is 0.102. The van der Waals surface area contributed by atoms with Crippen molar-refractivity contribution >= 4 is 23.6 Å². The Morgan fingerprint density at radius 3 is 2.50 bits per heavy atom. The van der Waals surface area contributed by atoms with Gasteiger partial charge in [0.2, 0.25) is 5.95 Å². The quantitative estimate of drug-likeness (QED) is 0.369. The van der Waals surface area contributed by atoms with Crippen molar-refractivity contribution in [3.63, 3.8) is 0 Å². The zero-order valence-electron chi connectivity index (χ0n) is 17.7. The van der Waals surface area contributed by atoms with Crippen LogP contribution in [0.3, 0.4) is 0 Å². The van der Waals surface area contributed by atoms with Gasteiger partial charge in [-0.2, -0.15) is 4.98 Å². The van der Waals surface area contributed by atoms with E-state index < -0.39 is 0 Å². The van der Waals surface area contributed by atoms with Crippen LogP contribution in [0.1, 0.15) is 15.9 Å². The summed E-state index contributed by atoms with van der Waals surface area (Å²) in [5.41, 5.74) is 2.50. The molecule has 1 heterocycles. The lowest BCUT2D eigenvalue weighted by Crippen LogP contribution is -2.12. The van der Waals surface area contributed by atoms with Gasteiger partial charge in [-0.1, -0.05) is 30.3 Å². The lowest BCUT2D eigenvalue weighted by Gasteiger charge is -2.07. The molecule has 0 saturated heterocycles. The molecule has 0 bridgehead atoms. The molecular weight excluding hydrogens is 424 g/mol.